The molecule has 1 fully saturated rings. The number of hydrogen-bond donors (Lipinski definition) is 1. The molecule has 21 heavy (non-hydrogen) atoms. The number of nitrogens with zero attached hydrogens (tertiary/aromatic N) is 3. The van der Waals surface area contributed by atoms with Crippen LogP contribution >= 0.6 is 0 Å². The first-order valence-corrected chi connectivity index (χ1v) is 8.55. The molecule has 4 heteroatoms. The lowest BCUT2D eigenvalue weighted by Crippen LogP contribution is -2.38. The Morgan fingerprint density at radius 1 is 1.38 bits per heavy atom. The fourth-order valence-electron chi connectivity index (χ4n) is 3.30. The van der Waals surface area contributed by atoms with Gasteiger partial charge in [-0.1, -0.05) is 20.3 Å². The highest BCUT2D eigenvalue weighted by molar-refractivity contribution is 5.19. The van der Waals surface area contributed by atoms with Gasteiger partial charge in [-0.3, -0.25) is 4.68 Å². The van der Waals surface area contributed by atoms with E-state index in [0.29, 0.717) is 5.92 Å². The Labute approximate surface area is 129 Å². The van der Waals surface area contributed by atoms with E-state index >= 15 is 0 Å². The van der Waals surface area contributed by atoms with Gasteiger partial charge in [0.25, 0.3) is 0 Å². The summed E-state index contributed by atoms with van der Waals surface area (Å²) in [5, 5.41) is 8.15. The minimum atomic E-state index is 0.497. The summed E-state index contributed by atoms with van der Waals surface area (Å²) in [6.45, 7) is 11.4. The molecule has 2 heterocycles. The summed E-state index contributed by atoms with van der Waals surface area (Å²) in [6.07, 6.45) is 7.55. The van der Waals surface area contributed by atoms with Gasteiger partial charge in [-0.15, -0.1) is 0 Å². The van der Waals surface area contributed by atoms with Crippen LogP contribution in [-0.4, -0.2) is 40.4 Å². The minimum Gasteiger partial charge on any atom is -0.312 e. The van der Waals surface area contributed by atoms with Crippen LogP contribution in [0.1, 0.15) is 63.6 Å². The van der Waals surface area contributed by atoms with Gasteiger partial charge in [-0.2, -0.15) is 5.10 Å². The van der Waals surface area contributed by atoms with Crippen LogP contribution in [0.4, 0.5) is 0 Å². The van der Waals surface area contributed by atoms with Crippen LogP contribution < -0.4 is 5.32 Å². The monoisotopic (exact) mass is 292 g/mol. The van der Waals surface area contributed by atoms with Crippen molar-refractivity contribution in [3.8, 4) is 0 Å². The molecule has 1 saturated heterocycles. The summed E-state index contributed by atoms with van der Waals surface area (Å²) >= 11 is 0. The zero-order valence-electron chi connectivity index (χ0n) is 14.2. The third kappa shape index (κ3) is 4.82. The largest absolute Gasteiger partial charge is 0.312 e. The van der Waals surface area contributed by atoms with Crippen LogP contribution in [0.5, 0.6) is 0 Å². The molecule has 1 aromatic heterocycles. The van der Waals surface area contributed by atoms with E-state index in [1.165, 1.54) is 50.0 Å². The van der Waals surface area contributed by atoms with Crippen molar-refractivity contribution in [2.75, 3.05) is 19.6 Å². The summed E-state index contributed by atoms with van der Waals surface area (Å²) in [7, 11) is 2.01. The Morgan fingerprint density at radius 2 is 2.19 bits per heavy atom. The van der Waals surface area contributed by atoms with Gasteiger partial charge in [0.15, 0.2) is 0 Å². The van der Waals surface area contributed by atoms with Crippen molar-refractivity contribution in [3.63, 3.8) is 0 Å². The molecule has 0 spiro atoms. The lowest BCUT2D eigenvalue weighted by atomic mass is 10.0. The number of aromatic nitrogens is 2. The molecule has 0 bridgehead atoms. The third-order valence-electron chi connectivity index (χ3n) is 4.54. The van der Waals surface area contributed by atoms with E-state index in [2.05, 4.69) is 42.3 Å². The van der Waals surface area contributed by atoms with E-state index in [9.17, 15) is 0 Å². The highest BCUT2D eigenvalue weighted by atomic mass is 15.3. The highest BCUT2D eigenvalue weighted by Gasteiger charge is 2.17. The average molecular weight is 292 g/mol. The van der Waals surface area contributed by atoms with Crippen molar-refractivity contribution in [3.05, 3.63) is 17.5 Å². The maximum atomic E-state index is 4.56. The van der Waals surface area contributed by atoms with Gasteiger partial charge in [-0.05, 0) is 51.7 Å². The molecule has 0 aliphatic carbocycles. The van der Waals surface area contributed by atoms with E-state index < -0.39 is 0 Å². The van der Waals surface area contributed by atoms with E-state index in [4.69, 9.17) is 0 Å². The van der Waals surface area contributed by atoms with Crippen LogP contribution in [0.3, 0.4) is 0 Å². The molecule has 4 nitrogen and oxygen atoms in total. The number of likely N-dealkylation sites (tertiary alicyclic amines) is 1. The van der Waals surface area contributed by atoms with Crippen LogP contribution in [0.15, 0.2) is 6.20 Å². The average Bonchev–Trinajstić information content (AvgIpc) is 2.82. The minimum absolute atomic E-state index is 0.497. The summed E-state index contributed by atoms with van der Waals surface area (Å²) < 4.78 is 1.93. The lowest BCUT2D eigenvalue weighted by Gasteiger charge is -2.33. The van der Waals surface area contributed by atoms with Crippen LogP contribution in [0.2, 0.25) is 0 Å². The van der Waals surface area contributed by atoms with Crippen molar-refractivity contribution >= 4 is 0 Å². The molecule has 0 saturated carbocycles. The van der Waals surface area contributed by atoms with Gasteiger partial charge in [0.05, 0.1) is 5.69 Å². The molecule has 0 radical (unpaired) electrons. The second-order valence-corrected chi connectivity index (χ2v) is 6.78. The molecular weight excluding hydrogens is 260 g/mol. The Morgan fingerprint density at radius 3 is 2.90 bits per heavy atom. The Balaban J connectivity index is 1.68. The first kappa shape index (κ1) is 16.5. The van der Waals surface area contributed by atoms with Crippen LogP contribution in [0, 0.1) is 0 Å². The van der Waals surface area contributed by atoms with Gasteiger partial charge in [0.1, 0.15) is 0 Å². The van der Waals surface area contributed by atoms with E-state index in [1.807, 2.05) is 11.7 Å². The van der Waals surface area contributed by atoms with E-state index in [1.54, 1.807) is 0 Å². The molecule has 1 atom stereocenters. The molecule has 1 unspecified atom stereocenters. The summed E-state index contributed by atoms with van der Waals surface area (Å²) in [5.74, 6) is 0.497. The van der Waals surface area contributed by atoms with Gasteiger partial charge in [0, 0.05) is 31.4 Å². The van der Waals surface area contributed by atoms with Gasteiger partial charge >= 0.3 is 0 Å². The normalized spacial score (nSPS) is 20.3. The zero-order valence-corrected chi connectivity index (χ0v) is 14.2. The molecule has 2 rings (SSSR count). The van der Waals surface area contributed by atoms with Crippen molar-refractivity contribution in [2.45, 2.75) is 65.0 Å². The van der Waals surface area contributed by atoms with Crippen molar-refractivity contribution in [2.24, 2.45) is 7.05 Å². The Kier molecular flexibility index (Phi) is 6.24. The van der Waals surface area contributed by atoms with E-state index in [0.717, 1.165) is 19.1 Å². The van der Waals surface area contributed by atoms with Crippen LogP contribution in [-0.2, 0) is 13.6 Å². The molecule has 120 valence electrons. The molecule has 1 aliphatic heterocycles. The number of hydrogen-bond acceptors (Lipinski definition) is 3. The second kappa shape index (κ2) is 7.95. The molecule has 1 aromatic rings. The van der Waals surface area contributed by atoms with Gasteiger partial charge < -0.3 is 10.2 Å². The summed E-state index contributed by atoms with van der Waals surface area (Å²) in [6, 6.07) is 0.782. The second-order valence-electron chi connectivity index (χ2n) is 6.78. The smallest absolute Gasteiger partial charge is 0.0694 e. The molecule has 0 aromatic carbocycles. The van der Waals surface area contributed by atoms with Crippen molar-refractivity contribution in [1.82, 2.24) is 20.0 Å². The molecular formula is C17H32N4. The summed E-state index contributed by atoms with van der Waals surface area (Å²) in [5.41, 5.74) is 2.58. The third-order valence-corrected chi connectivity index (χ3v) is 4.54. The fourth-order valence-corrected chi connectivity index (χ4v) is 3.30. The first-order valence-electron chi connectivity index (χ1n) is 8.55. The van der Waals surface area contributed by atoms with Crippen molar-refractivity contribution in [1.29, 1.82) is 0 Å². The lowest BCUT2D eigenvalue weighted by molar-refractivity contribution is 0.159. The molecule has 1 aliphatic rings. The standard InChI is InChI=1S/C17H32N4/c1-14(2)17-16(13-20(4)19-17)12-18-9-7-11-21-10-6-5-8-15(21)3/h13-15,18H,5-12H2,1-4H3. The first-order chi connectivity index (χ1) is 10.1. The molecule has 0 amide bonds. The predicted octanol–water partition coefficient (Wildman–Crippen LogP) is 2.90. The van der Waals surface area contributed by atoms with Crippen LogP contribution in [0.25, 0.3) is 0 Å². The Hall–Kier alpha value is -0.870. The van der Waals surface area contributed by atoms with E-state index in [-0.39, 0.29) is 0 Å². The highest BCUT2D eigenvalue weighted by Crippen LogP contribution is 2.17. The topological polar surface area (TPSA) is 33.1 Å². The van der Waals surface area contributed by atoms with Gasteiger partial charge in [0.2, 0.25) is 0 Å². The van der Waals surface area contributed by atoms with Crippen molar-refractivity contribution < 1.29 is 0 Å². The number of rotatable bonds is 7. The summed E-state index contributed by atoms with van der Waals surface area (Å²) in [4.78, 5) is 2.65. The van der Waals surface area contributed by atoms with Gasteiger partial charge in [-0.25, -0.2) is 0 Å². The predicted molar refractivity (Wildman–Crippen MR) is 88.5 cm³/mol. The maximum Gasteiger partial charge on any atom is 0.0694 e. The number of nitrogens with one attached hydrogen (secondary N) is 1. The Bertz CT molecular complexity index is 424. The zero-order chi connectivity index (χ0) is 15.2. The fraction of sp³-hybridized carbons (Fsp3) is 0.824. The molecule has 1 N–H and O–H groups in total. The quantitative estimate of drug-likeness (QED) is 0.785. The number of aryl methyl sites for hydroxylation is 1. The SMILES string of the molecule is CC(C)c1nn(C)cc1CNCCCN1CCCCC1C. The number of piperidine rings is 1. The maximum absolute atomic E-state index is 4.56.